The molecule has 0 aliphatic carbocycles. The number of anilines is 1. The van der Waals surface area contributed by atoms with E-state index < -0.39 is 0 Å². The summed E-state index contributed by atoms with van der Waals surface area (Å²) < 4.78 is 10.9. The van der Waals surface area contributed by atoms with Crippen LogP contribution < -0.4 is 20.5 Å². The molecule has 1 atom stereocenters. The highest BCUT2D eigenvalue weighted by Gasteiger charge is 2.23. The Hall–Kier alpha value is -1.75. The van der Waals surface area contributed by atoms with Crippen molar-refractivity contribution >= 4 is 11.6 Å². The van der Waals surface area contributed by atoms with Crippen molar-refractivity contribution in [3.05, 3.63) is 18.2 Å². The summed E-state index contributed by atoms with van der Waals surface area (Å²) in [6.45, 7) is 7.15. The third-order valence-electron chi connectivity index (χ3n) is 3.34. The number of nitrogens with two attached hydrogens (primary N) is 1. The third-order valence-corrected chi connectivity index (χ3v) is 3.34. The van der Waals surface area contributed by atoms with E-state index in [2.05, 4.69) is 5.32 Å². The normalized spacial score (nSPS) is 15.6. The van der Waals surface area contributed by atoms with Gasteiger partial charge in [0.1, 0.15) is 13.2 Å². The van der Waals surface area contributed by atoms with Gasteiger partial charge in [0.25, 0.3) is 0 Å². The van der Waals surface area contributed by atoms with Gasteiger partial charge >= 0.3 is 0 Å². The van der Waals surface area contributed by atoms with Gasteiger partial charge in [0.15, 0.2) is 11.5 Å². The Morgan fingerprint density at radius 3 is 2.60 bits per heavy atom. The highest BCUT2D eigenvalue weighted by Crippen LogP contribution is 2.32. The number of rotatable bonds is 3. The fraction of sp³-hybridized carbons (Fsp3) is 0.533. The lowest BCUT2D eigenvalue weighted by atomic mass is 9.85. The van der Waals surface area contributed by atoms with E-state index in [1.807, 2.05) is 20.8 Å². The Balaban J connectivity index is 1.98. The van der Waals surface area contributed by atoms with Crippen LogP contribution in [0.3, 0.4) is 0 Å². The van der Waals surface area contributed by atoms with Gasteiger partial charge in [-0.1, -0.05) is 20.8 Å². The van der Waals surface area contributed by atoms with Gasteiger partial charge in [-0.3, -0.25) is 4.79 Å². The van der Waals surface area contributed by atoms with Gasteiger partial charge in [-0.2, -0.15) is 0 Å². The quantitative estimate of drug-likeness (QED) is 0.888. The first-order chi connectivity index (χ1) is 9.36. The van der Waals surface area contributed by atoms with Gasteiger partial charge in [-0.05, 0) is 17.5 Å². The van der Waals surface area contributed by atoms with E-state index in [0.29, 0.717) is 30.4 Å². The van der Waals surface area contributed by atoms with Gasteiger partial charge in [0.05, 0.1) is 0 Å². The van der Waals surface area contributed by atoms with Gasteiger partial charge in [-0.15, -0.1) is 0 Å². The van der Waals surface area contributed by atoms with Gasteiger partial charge in [-0.25, -0.2) is 0 Å². The predicted molar refractivity (Wildman–Crippen MR) is 78.1 cm³/mol. The average molecular weight is 278 g/mol. The second-order valence-electron chi connectivity index (χ2n) is 6.08. The van der Waals surface area contributed by atoms with Gasteiger partial charge < -0.3 is 20.5 Å². The van der Waals surface area contributed by atoms with Crippen molar-refractivity contribution in [1.82, 2.24) is 0 Å². The van der Waals surface area contributed by atoms with Gasteiger partial charge in [0, 0.05) is 24.2 Å². The molecule has 0 saturated heterocycles. The van der Waals surface area contributed by atoms with Crippen LogP contribution in [0.15, 0.2) is 18.2 Å². The molecule has 0 saturated carbocycles. The molecule has 1 aromatic rings. The van der Waals surface area contributed by atoms with Gasteiger partial charge in [0.2, 0.25) is 5.91 Å². The summed E-state index contributed by atoms with van der Waals surface area (Å²) in [7, 11) is 0. The predicted octanol–water partition coefficient (Wildman–Crippen LogP) is 2.16. The van der Waals surface area contributed by atoms with E-state index >= 15 is 0 Å². The zero-order valence-electron chi connectivity index (χ0n) is 12.2. The number of fused-ring (bicyclic) bond motifs is 1. The number of nitrogens with one attached hydrogen (secondary N) is 1. The molecule has 5 nitrogen and oxygen atoms in total. The van der Waals surface area contributed by atoms with E-state index in [9.17, 15) is 4.79 Å². The van der Waals surface area contributed by atoms with Crippen LogP contribution in [0.1, 0.15) is 27.2 Å². The first kappa shape index (κ1) is 14.7. The monoisotopic (exact) mass is 278 g/mol. The molecule has 1 aliphatic rings. The van der Waals surface area contributed by atoms with Crippen molar-refractivity contribution in [1.29, 1.82) is 0 Å². The van der Waals surface area contributed by atoms with E-state index in [0.717, 1.165) is 0 Å². The highest BCUT2D eigenvalue weighted by atomic mass is 16.6. The number of hydrogen-bond acceptors (Lipinski definition) is 4. The van der Waals surface area contributed by atoms with Crippen molar-refractivity contribution in [3.8, 4) is 11.5 Å². The Bertz CT molecular complexity index is 494. The third kappa shape index (κ3) is 3.63. The maximum Gasteiger partial charge on any atom is 0.225 e. The van der Waals surface area contributed by atoms with Crippen LogP contribution in [0.25, 0.3) is 0 Å². The number of benzene rings is 1. The van der Waals surface area contributed by atoms with Crippen LogP contribution in [0.2, 0.25) is 0 Å². The Morgan fingerprint density at radius 1 is 1.30 bits per heavy atom. The number of hydrogen-bond donors (Lipinski definition) is 2. The van der Waals surface area contributed by atoms with E-state index in [1.54, 1.807) is 18.2 Å². The first-order valence-electron chi connectivity index (χ1n) is 6.81. The fourth-order valence-electron chi connectivity index (χ4n) is 1.84. The lowest BCUT2D eigenvalue weighted by Crippen LogP contribution is -2.38. The van der Waals surface area contributed by atoms with Crippen LogP contribution in [-0.2, 0) is 4.79 Å². The summed E-state index contributed by atoms with van der Waals surface area (Å²) in [6.07, 6.45) is 0.290. The summed E-state index contributed by atoms with van der Waals surface area (Å²) >= 11 is 0. The molecule has 0 fully saturated rings. The molecular weight excluding hydrogens is 256 g/mol. The topological polar surface area (TPSA) is 73.6 Å². The zero-order chi connectivity index (χ0) is 14.8. The maximum atomic E-state index is 12.0. The summed E-state index contributed by atoms with van der Waals surface area (Å²) in [5.41, 5.74) is 6.61. The standard InChI is InChI=1S/C15H22N2O3/c1-15(2,3)13(16)9-14(18)17-10-4-5-11-12(8-10)20-7-6-19-11/h4-5,8,13H,6-7,9,16H2,1-3H3,(H,17,18). The van der Waals surface area contributed by atoms with Crippen LogP contribution in [0.4, 0.5) is 5.69 Å². The molecule has 0 spiro atoms. The van der Waals surface area contributed by atoms with Crippen molar-refractivity contribution in [2.75, 3.05) is 18.5 Å². The molecule has 1 unspecified atom stereocenters. The minimum absolute atomic E-state index is 0.0931. The number of amides is 1. The second-order valence-corrected chi connectivity index (χ2v) is 6.08. The molecule has 0 radical (unpaired) electrons. The van der Waals surface area contributed by atoms with Crippen molar-refractivity contribution in [2.45, 2.75) is 33.2 Å². The van der Waals surface area contributed by atoms with Crippen LogP contribution in [0.5, 0.6) is 11.5 Å². The minimum Gasteiger partial charge on any atom is -0.486 e. The average Bonchev–Trinajstić information content (AvgIpc) is 2.37. The summed E-state index contributed by atoms with van der Waals surface area (Å²) in [5, 5.41) is 2.84. The number of ether oxygens (including phenoxy) is 2. The summed E-state index contributed by atoms with van der Waals surface area (Å²) in [5.74, 6) is 1.28. The van der Waals surface area contributed by atoms with E-state index in [1.165, 1.54) is 0 Å². The minimum atomic E-state index is -0.181. The zero-order valence-corrected chi connectivity index (χ0v) is 12.2. The van der Waals surface area contributed by atoms with E-state index in [-0.39, 0.29) is 23.8 Å². The van der Waals surface area contributed by atoms with E-state index in [4.69, 9.17) is 15.2 Å². The number of carbonyl (C=O) groups is 1. The lowest BCUT2D eigenvalue weighted by Gasteiger charge is -2.26. The smallest absolute Gasteiger partial charge is 0.225 e. The summed E-state index contributed by atoms with van der Waals surface area (Å²) in [6, 6.07) is 5.19. The molecule has 20 heavy (non-hydrogen) atoms. The molecule has 1 aromatic carbocycles. The highest BCUT2D eigenvalue weighted by molar-refractivity contribution is 5.91. The first-order valence-corrected chi connectivity index (χ1v) is 6.81. The molecule has 2 rings (SSSR count). The molecular formula is C15H22N2O3. The molecule has 0 bridgehead atoms. The van der Waals surface area contributed by atoms with Crippen molar-refractivity contribution in [2.24, 2.45) is 11.1 Å². The fourth-order valence-corrected chi connectivity index (χ4v) is 1.84. The Morgan fingerprint density at radius 2 is 1.95 bits per heavy atom. The van der Waals surface area contributed by atoms with Crippen LogP contribution in [-0.4, -0.2) is 25.2 Å². The summed E-state index contributed by atoms with van der Waals surface area (Å²) in [4.78, 5) is 12.0. The SMILES string of the molecule is CC(C)(C)C(N)CC(=O)Nc1ccc2c(c1)OCCO2. The Kier molecular flexibility index (Phi) is 4.18. The molecule has 1 heterocycles. The number of carbonyl (C=O) groups excluding carboxylic acids is 1. The lowest BCUT2D eigenvalue weighted by molar-refractivity contribution is -0.117. The maximum absolute atomic E-state index is 12.0. The van der Waals surface area contributed by atoms with Crippen molar-refractivity contribution < 1.29 is 14.3 Å². The molecule has 5 heteroatoms. The molecule has 1 aliphatic heterocycles. The molecule has 0 aromatic heterocycles. The van der Waals surface area contributed by atoms with Crippen LogP contribution >= 0.6 is 0 Å². The van der Waals surface area contributed by atoms with Crippen LogP contribution in [0, 0.1) is 5.41 Å². The Labute approximate surface area is 119 Å². The largest absolute Gasteiger partial charge is 0.486 e. The second kappa shape index (κ2) is 5.71. The van der Waals surface area contributed by atoms with Crippen molar-refractivity contribution in [3.63, 3.8) is 0 Å². The molecule has 1 amide bonds. The molecule has 3 N–H and O–H groups in total. The molecule has 110 valence electrons.